The Kier molecular flexibility index (Phi) is 2.59. The van der Waals surface area contributed by atoms with Crippen LogP contribution in [0.25, 0.3) is 0 Å². The second-order valence-electron chi connectivity index (χ2n) is 3.83. The topological polar surface area (TPSA) is 49.5 Å². The van der Waals surface area contributed by atoms with Crippen LogP contribution in [0.2, 0.25) is 0 Å². The average molecular weight is 192 g/mol. The van der Waals surface area contributed by atoms with Crippen molar-refractivity contribution in [3.8, 4) is 0 Å². The Bertz CT molecular complexity index is 297. The molecule has 1 fully saturated rings. The molecule has 3 N–H and O–H groups in total. The number of hydrogen-bond acceptors (Lipinski definition) is 3. The van der Waals surface area contributed by atoms with Crippen molar-refractivity contribution in [1.82, 2.24) is 0 Å². The molecule has 3 nitrogen and oxygen atoms in total. The van der Waals surface area contributed by atoms with E-state index in [2.05, 4.69) is 4.90 Å². The maximum Gasteiger partial charge on any atom is 0.0715 e. The van der Waals surface area contributed by atoms with E-state index in [0.29, 0.717) is 0 Å². The van der Waals surface area contributed by atoms with E-state index in [1.54, 1.807) is 0 Å². The number of aliphatic hydroxyl groups excluding tert-OH is 1. The number of piperidine rings is 1. The van der Waals surface area contributed by atoms with Crippen molar-refractivity contribution in [2.24, 2.45) is 0 Å². The lowest BCUT2D eigenvalue weighted by Crippen LogP contribution is -2.38. The van der Waals surface area contributed by atoms with Gasteiger partial charge < -0.3 is 15.7 Å². The van der Waals surface area contributed by atoms with Gasteiger partial charge in [0.2, 0.25) is 0 Å². The Morgan fingerprint density at radius 2 is 2.00 bits per heavy atom. The van der Waals surface area contributed by atoms with E-state index in [4.69, 9.17) is 5.73 Å². The first-order chi connectivity index (χ1) is 6.75. The fourth-order valence-corrected chi connectivity index (χ4v) is 1.87. The number of rotatable bonds is 1. The fraction of sp³-hybridized carbons (Fsp3) is 0.455. The van der Waals surface area contributed by atoms with Crippen LogP contribution in [-0.4, -0.2) is 24.3 Å². The first-order valence-electron chi connectivity index (χ1n) is 5.04. The van der Waals surface area contributed by atoms with Crippen LogP contribution in [0.5, 0.6) is 0 Å². The lowest BCUT2D eigenvalue weighted by atomic mass is 10.1. The van der Waals surface area contributed by atoms with Crippen molar-refractivity contribution in [3.05, 3.63) is 24.3 Å². The van der Waals surface area contributed by atoms with Gasteiger partial charge in [0.25, 0.3) is 0 Å². The molecule has 14 heavy (non-hydrogen) atoms. The minimum absolute atomic E-state index is 0.179. The molecule has 1 aromatic rings. The fourth-order valence-electron chi connectivity index (χ4n) is 1.87. The SMILES string of the molecule is Nc1ccc(N2CCCC(O)C2)cc1. The van der Waals surface area contributed by atoms with E-state index in [1.807, 2.05) is 24.3 Å². The summed E-state index contributed by atoms with van der Waals surface area (Å²) >= 11 is 0. The van der Waals surface area contributed by atoms with Crippen LogP contribution in [0.1, 0.15) is 12.8 Å². The van der Waals surface area contributed by atoms with Crippen molar-refractivity contribution in [2.45, 2.75) is 18.9 Å². The second kappa shape index (κ2) is 3.88. The summed E-state index contributed by atoms with van der Waals surface area (Å²) in [6, 6.07) is 7.81. The van der Waals surface area contributed by atoms with Gasteiger partial charge in [0, 0.05) is 24.5 Å². The Morgan fingerprint density at radius 1 is 1.29 bits per heavy atom. The Hall–Kier alpha value is -1.22. The van der Waals surface area contributed by atoms with E-state index in [-0.39, 0.29) is 6.10 Å². The highest BCUT2D eigenvalue weighted by molar-refractivity contribution is 5.53. The van der Waals surface area contributed by atoms with Gasteiger partial charge in [-0.2, -0.15) is 0 Å². The number of anilines is 2. The van der Waals surface area contributed by atoms with Crippen LogP contribution >= 0.6 is 0 Å². The van der Waals surface area contributed by atoms with Gasteiger partial charge >= 0.3 is 0 Å². The van der Waals surface area contributed by atoms with Crippen LogP contribution in [0.3, 0.4) is 0 Å². The third-order valence-corrected chi connectivity index (χ3v) is 2.65. The molecule has 0 aliphatic carbocycles. The molecule has 1 atom stereocenters. The molecular weight excluding hydrogens is 176 g/mol. The number of nitrogen functional groups attached to an aromatic ring is 1. The number of nitrogens with zero attached hydrogens (tertiary/aromatic N) is 1. The molecule has 0 bridgehead atoms. The molecule has 76 valence electrons. The number of aliphatic hydroxyl groups is 1. The minimum Gasteiger partial charge on any atom is -0.399 e. The molecule has 0 saturated carbocycles. The monoisotopic (exact) mass is 192 g/mol. The van der Waals surface area contributed by atoms with Gasteiger partial charge in [0.05, 0.1) is 6.10 Å². The second-order valence-corrected chi connectivity index (χ2v) is 3.83. The summed E-state index contributed by atoms with van der Waals surface area (Å²) in [5.41, 5.74) is 7.55. The summed E-state index contributed by atoms with van der Waals surface area (Å²) < 4.78 is 0. The maximum absolute atomic E-state index is 9.53. The Morgan fingerprint density at radius 3 is 2.64 bits per heavy atom. The van der Waals surface area contributed by atoms with E-state index in [9.17, 15) is 5.11 Å². The Balaban J connectivity index is 2.10. The van der Waals surface area contributed by atoms with Crippen molar-refractivity contribution >= 4 is 11.4 Å². The van der Waals surface area contributed by atoms with Gasteiger partial charge in [-0.15, -0.1) is 0 Å². The zero-order valence-electron chi connectivity index (χ0n) is 8.19. The quantitative estimate of drug-likeness (QED) is 0.658. The third-order valence-electron chi connectivity index (χ3n) is 2.65. The predicted molar refractivity (Wildman–Crippen MR) is 58.3 cm³/mol. The number of β-amino-alcohol motifs (C(OH)–C–C–N with tert-alkyl or cyclic N) is 1. The molecule has 1 aliphatic heterocycles. The first-order valence-corrected chi connectivity index (χ1v) is 5.04. The minimum atomic E-state index is -0.179. The summed E-state index contributed by atoms with van der Waals surface area (Å²) in [7, 11) is 0. The highest BCUT2D eigenvalue weighted by atomic mass is 16.3. The largest absolute Gasteiger partial charge is 0.399 e. The molecular formula is C11H16N2O. The lowest BCUT2D eigenvalue weighted by molar-refractivity contribution is 0.154. The van der Waals surface area contributed by atoms with E-state index < -0.39 is 0 Å². The summed E-state index contributed by atoms with van der Waals surface area (Å²) in [6.45, 7) is 1.77. The standard InChI is InChI=1S/C11H16N2O/c12-9-3-5-10(6-4-9)13-7-1-2-11(14)8-13/h3-6,11,14H,1-2,7-8,12H2. The highest BCUT2D eigenvalue weighted by Gasteiger charge is 2.17. The van der Waals surface area contributed by atoms with Gasteiger partial charge in [0.1, 0.15) is 0 Å². The normalized spacial score (nSPS) is 22.4. The zero-order chi connectivity index (χ0) is 9.97. The molecule has 2 rings (SSSR count). The van der Waals surface area contributed by atoms with Crippen LogP contribution in [0, 0.1) is 0 Å². The molecule has 0 amide bonds. The van der Waals surface area contributed by atoms with Crippen LogP contribution in [-0.2, 0) is 0 Å². The first kappa shape index (κ1) is 9.34. The van der Waals surface area contributed by atoms with Crippen molar-refractivity contribution in [3.63, 3.8) is 0 Å². The van der Waals surface area contributed by atoms with E-state index in [1.165, 1.54) is 0 Å². The third kappa shape index (κ3) is 1.99. The smallest absolute Gasteiger partial charge is 0.0715 e. The predicted octanol–water partition coefficient (Wildman–Crippen LogP) is 1.23. The van der Waals surface area contributed by atoms with Gasteiger partial charge in [-0.25, -0.2) is 0 Å². The highest BCUT2D eigenvalue weighted by Crippen LogP contribution is 2.20. The van der Waals surface area contributed by atoms with E-state index >= 15 is 0 Å². The molecule has 0 radical (unpaired) electrons. The molecule has 3 heteroatoms. The number of nitrogens with two attached hydrogens (primary N) is 1. The molecule has 0 spiro atoms. The molecule has 0 aromatic heterocycles. The van der Waals surface area contributed by atoms with Crippen molar-refractivity contribution in [1.29, 1.82) is 0 Å². The molecule has 1 aliphatic rings. The average Bonchev–Trinajstić information content (AvgIpc) is 2.19. The van der Waals surface area contributed by atoms with Crippen LogP contribution < -0.4 is 10.6 Å². The maximum atomic E-state index is 9.53. The number of benzene rings is 1. The van der Waals surface area contributed by atoms with E-state index in [0.717, 1.165) is 37.3 Å². The lowest BCUT2D eigenvalue weighted by Gasteiger charge is -2.31. The van der Waals surface area contributed by atoms with Gasteiger partial charge in [-0.1, -0.05) is 0 Å². The molecule has 1 saturated heterocycles. The summed E-state index contributed by atoms with van der Waals surface area (Å²) in [4.78, 5) is 2.20. The molecule has 1 heterocycles. The van der Waals surface area contributed by atoms with Gasteiger partial charge in [-0.05, 0) is 37.1 Å². The molecule has 1 unspecified atom stereocenters. The van der Waals surface area contributed by atoms with Gasteiger partial charge in [-0.3, -0.25) is 0 Å². The zero-order valence-corrected chi connectivity index (χ0v) is 8.19. The summed E-state index contributed by atoms with van der Waals surface area (Å²) in [6.07, 6.45) is 1.80. The summed E-state index contributed by atoms with van der Waals surface area (Å²) in [5, 5.41) is 9.53. The van der Waals surface area contributed by atoms with Crippen LogP contribution in [0.15, 0.2) is 24.3 Å². The van der Waals surface area contributed by atoms with Crippen LogP contribution in [0.4, 0.5) is 11.4 Å². The number of hydrogen-bond donors (Lipinski definition) is 2. The van der Waals surface area contributed by atoms with Crippen molar-refractivity contribution < 1.29 is 5.11 Å². The van der Waals surface area contributed by atoms with Gasteiger partial charge in [0.15, 0.2) is 0 Å². The van der Waals surface area contributed by atoms with Crippen molar-refractivity contribution in [2.75, 3.05) is 23.7 Å². The Labute approximate surface area is 84.1 Å². The summed E-state index contributed by atoms with van der Waals surface area (Å²) in [5.74, 6) is 0. The molecule has 1 aromatic carbocycles.